The van der Waals surface area contributed by atoms with Gasteiger partial charge >= 0.3 is 0 Å². The van der Waals surface area contributed by atoms with Gasteiger partial charge in [0, 0.05) is 16.5 Å². The lowest BCUT2D eigenvalue weighted by Crippen LogP contribution is -1.90. The molecular weight excluding hydrogens is 192 g/mol. The van der Waals surface area contributed by atoms with Crippen LogP contribution in [-0.4, -0.2) is 18.5 Å². The zero-order valence-corrected chi connectivity index (χ0v) is 9.14. The third-order valence-corrected chi connectivity index (χ3v) is 2.29. The maximum atomic E-state index is 6.87. The third-order valence-electron chi connectivity index (χ3n) is 1.59. The van der Waals surface area contributed by atoms with Gasteiger partial charge in [0.05, 0.1) is 6.01 Å². The van der Waals surface area contributed by atoms with E-state index in [9.17, 15) is 0 Å². The first-order chi connectivity index (χ1) is 6.74. The number of hydrogen-bond acceptors (Lipinski definition) is 2. The largest absolute Gasteiger partial charge is 0.241 e. The Labute approximate surface area is 87.2 Å². The number of benzene rings is 1. The van der Waals surface area contributed by atoms with Crippen LogP contribution in [0.4, 0.5) is 0 Å². The van der Waals surface area contributed by atoms with Crippen LogP contribution in [0.3, 0.4) is 0 Å². The lowest BCUT2D eigenvalue weighted by Gasteiger charge is -1.97. The second kappa shape index (κ2) is 5.43. The summed E-state index contributed by atoms with van der Waals surface area (Å²) in [6, 6.07) is 11.9. The molecule has 0 heterocycles. The molecule has 0 saturated heterocycles. The molecule has 0 aliphatic carbocycles. The summed E-state index contributed by atoms with van der Waals surface area (Å²) < 4.78 is 0. The van der Waals surface area contributed by atoms with Gasteiger partial charge in [0.2, 0.25) is 0 Å². The van der Waals surface area contributed by atoms with Crippen molar-refractivity contribution in [3.63, 3.8) is 0 Å². The van der Waals surface area contributed by atoms with Crippen molar-refractivity contribution in [2.75, 3.05) is 12.5 Å². The topological polar surface area (TPSA) is 36.2 Å². The first kappa shape index (κ1) is 10.8. The van der Waals surface area contributed by atoms with Crippen LogP contribution >= 0.6 is 0 Å². The molecule has 0 amide bonds. The van der Waals surface area contributed by atoms with Crippen molar-refractivity contribution in [2.45, 2.75) is 0 Å². The lowest BCUT2D eigenvalue weighted by atomic mass is 10.2. The summed E-state index contributed by atoms with van der Waals surface area (Å²) in [5, 5.41) is 8.92. The molecule has 1 N–H and O–H groups in total. The lowest BCUT2D eigenvalue weighted by molar-refractivity contribution is 1.48. The Bertz CT molecular complexity index is 362. The van der Waals surface area contributed by atoms with E-state index >= 15 is 0 Å². The monoisotopic (exact) mass is 205 g/mol. The van der Waals surface area contributed by atoms with Crippen LogP contribution in [0.5, 0.6) is 0 Å². The molecule has 0 bridgehead atoms. The fraction of sp³-hybridized carbons (Fsp3) is 0.182. The van der Waals surface area contributed by atoms with Gasteiger partial charge in [-0.3, -0.25) is 0 Å². The van der Waals surface area contributed by atoms with E-state index in [1.165, 1.54) is 0 Å². The molecule has 0 fully saturated rings. The van der Waals surface area contributed by atoms with Crippen LogP contribution in [0.25, 0.3) is 5.70 Å². The molecule has 14 heavy (non-hydrogen) atoms. The summed E-state index contributed by atoms with van der Waals surface area (Å²) in [7, 11) is 0.173. The molecule has 0 aliphatic rings. The maximum Gasteiger partial charge on any atom is 0.145 e. The first-order valence-corrected chi connectivity index (χ1v) is 6.30. The molecule has 0 saturated carbocycles. The second-order valence-corrected chi connectivity index (χ2v) is 4.97. The number of aliphatic imine (C=N–C) groups is 1. The Morgan fingerprint density at radius 2 is 2.00 bits per heavy atom. The van der Waals surface area contributed by atoms with Gasteiger partial charge in [-0.15, -0.1) is 0 Å². The number of nitrogens with one attached hydrogen (secondary N) is 1. The third kappa shape index (κ3) is 3.21. The fourth-order valence-electron chi connectivity index (χ4n) is 1.05. The molecule has 1 aromatic rings. The van der Waals surface area contributed by atoms with Gasteiger partial charge in [-0.05, 0) is 0 Å². The number of rotatable bonds is 3. The van der Waals surface area contributed by atoms with Crippen LogP contribution < -0.4 is 0 Å². The molecule has 0 radical (unpaired) electrons. The van der Waals surface area contributed by atoms with E-state index in [1.807, 2.05) is 30.3 Å². The van der Waals surface area contributed by atoms with E-state index in [0.717, 1.165) is 11.3 Å². The van der Waals surface area contributed by atoms with Crippen molar-refractivity contribution in [3.05, 3.63) is 41.3 Å². The highest BCUT2D eigenvalue weighted by Gasteiger charge is 2.04. The Balaban J connectivity index is 3.07. The van der Waals surface area contributed by atoms with E-state index < -0.39 is 0 Å². The van der Waals surface area contributed by atoms with Crippen molar-refractivity contribution < 1.29 is 0 Å². The summed E-state index contributed by atoms with van der Waals surface area (Å²) in [4.78, 5) is 3.92. The average molecular weight is 205 g/mol. The van der Waals surface area contributed by atoms with Gasteiger partial charge in [0.15, 0.2) is 0 Å². The molecule has 2 nitrogen and oxygen atoms in total. The maximum absolute atomic E-state index is 6.87. The van der Waals surface area contributed by atoms with E-state index in [0.29, 0.717) is 0 Å². The minimum absolute atomic E-state index is 0.173. The molecule has 1 aromatic carbocycles. The molecule has 72 valence electrons. The summed E-state index contributed by atoms with van der Waals surface area (Å²) in [5.74, 6) is 0. The van der Waals surface area contributed by atoms with Crippen LogP contribution in [0, 0.1) is 5.41 Å². The minimum atomic E-state index is 0.173. The summed E-state index contributed by atoms with van der Waals surface area (Å²) in [6.45, 7) is 0. The van der Waals surface area contributed by atoms with Crippen molar-refractivity contribution in [2.24, 2.45) is 4.99 Å². The molecular formula is C11H13N2S+. The van der Waals surface area contributed by atoms with Gasteiger partial charge in [-0.25, -0.2) is 5.41 Å². The zero-order chi connectivity index (χ0) is 10.4. The molecule has 0 spiro atoms. The van der Waals surface area contributed by atoms with Gasteiger partial charge < -0.3 is 0 Å². The smallest absolute Gasteiger partial charge is 0.145 e. The van der Waals surface area contributed by atoms with Gasteiger partial charge in [-0.2, -0.15) is 4.99 Å². The van der Waals surface area contributed by atoms with Crippen LogP contribution in [-0.2, 0) is 10.9 Å². The Morgan fingerprint density at radius 1 is 1.36 bits per heavy atom. The zero-order valence-electron chi connectivity index (χ0n) is 8.32. The minimum Gasteiger partial charge on any atom is -0.241 e. The van der Waals surface area contributed by atoms with Crippen molar-refractivity contribution >= 4 is 22.6 Å². The number of nitrogens with zero attached hydrogens (tertiary/aromatic N) is 1. The highest BCUT2D eigenvalue weighted by molar-refractivity contribution is 7.98. The van der Waals surface area contributed by atoms with E-state index in [4.69, 9.17) is 5.41 Å². The molecule has 0 unspecified atom stereocenters. The Kier molecular flexibility index (Phi) is 4.17. The summed E-state index contributed by atoms with van der Waals surface area (Å²) in [5.41, 5.74) is 1.86. The quantitative estimate of drug-likeness (QED) is 0.582. The average Bonchev–Trinajstić information content (AvgIpc) is 2.18. The molecule has 0 aliphatic heterocycles. The van der Waals surface area contributed by atoms with Crippen molar-refractivity contribution in [1.29, 1.82) is 5.41 Å². The molecule has 0 aromatic heterocycles. The Hall–Kier alpha value is -1.31. The Morgan fingerprint density at radius 3 is 2.50 bits per heavy atom. The van der Waals surface area contributed by atoms with E-state index in [1.54, 1.807) is 0 Å². The van der Waals surface area contributed by atoms with Gasteiger partial charge in [-0.1, -0.05) is 30.3 Å². The second-order valence-electron chi connectivity index (χ2n) is 2.97. The highest BCUT2D eigenvalue weighted by atomic mass is 32.2. The molecule has 1 rings (SSSR count). The standard InChI is InChI=1S/C11H13N2S/c1-14(2)8-11(13-9-12)10-6-4-3-5-7-10/h3-8,12H,1-2H3/q+1/b11-8-. The van der Waals surface area contributed by atoms with Gasteiger partial charge in [0.1, 0.15) is 23.6 Å². The van der Waals surface area contributed by atoms with Crippen LogP contribution in [0.15, 0.2) is 40.7 Å². The fourth-order valence-corrected chi connectivity index (χ4v) is 1.69. The van der Waals surface area contributed by atoms with Crippen LogP contribution in [0.1, 0.15) is 5.56 Å². The predicted octanol–water partition coefficient (Wildman–Crippen LogP) is 2.62. The van der Waals surface area contributed by atoms with Gasteiger partial charge in [0.25, 0.3) is 0 Å². The summed E-state index contributed by atoms with van der Waals surface area (Å²) >= 11 is 0. The normalized spacial score (nSPS) is 11.2. The first-order valence-electron chi connectivity index (χ1n) is 4.20. The SMILES string of the molecule is C[S+](C)/C=C(\N=C=N)c1ccccc1. The van der Waals surface area contributed by atoms with E-state index in [-0.39, 0.29) is 10.9 Å². The number of hydrogen-bond donors (Lipinski definition) is 1. The van der Waals surface area contributed by atoms with E-state index in [2.05, 4.69) is 28.9 Å². The predicted molar refractivity (Wildman–Crippen MR) is 63.8 cm³/mol. The molecule has 0 atom stereocenters. The summed E-state index contributed by atoms with van der Waals surface area (Å²) in [6.07, 6.45) is 4.23. The van der Waals surface area contributed by atoms with Crippen LogP contribution in [0.2, 0.25) is 0 Å². The van der Waals surface area contributed by atoms with Crippen molar-refractivity contribution in [1.82, 2.24) is 0 Å². The van der Waals surface area contributed by atoms with Crippen molar-refractivity contribution in [3.8, 4) is 0 Å². The molecule has 3 heteroatoms. The highest BCUT2D eigenvalue weighted by Crippen LogP contribution is 2.15.